The van der Waals surface area contributed by atoms with Gasteiger partial charge in [-0.2, -0.15) is 0 Å². The second-order valence-electron chi connectivity index (χ2n) is 4.45. The fraction of sp³-hybridized carbons (Fsp3) is 0.188. The Morgan fingerprint density at radius 3 is 2.58 bits per heavy atom. The van der Waals surface area contributed by atoms with Crippen LogP contribution in [0.1, 0.15) is 11.1 Å². The van der Waals surface area contributed by atoms with Crippen LogP contribution in [0, 0.1) is 10.5 Å². The Hall–Kier alpha value is -0.810. The molecule has 0 aromatic heterocycles. The predicted molar refractivity (Wildman–Crippen MR) is 89.8 cm³/mol. The Morgan fingerprint density at radius 1 is 1.16 bits per heavy atom. The van der Waals surface area contributed by atoms with Crippen molar-refractivity contribution in [1.29, 1.82) is 0 Å². The van der Waals surface area contributed by atoms with Crippen molar-refractivity contribution in [3.63, 3.8) is 0 Å². The van der Waals surface area contributed by atoms with E-state index in [4.69, 9.17) is 0 Å². The average Bonchev–Trinajstić information content (AvgIpc) is 2.39. The van der Waals surface area contributed by atoms with E-state index in [9.17, 15) is 4.79 Å². The lowest BCUT2D eigenvalue weighted by Crippen LogP contribution is -2.05. The standard InChI is InChI=1S/C16H15IOS/c1-12-3-2-4-16(9-12)19-11-15(18)10-13-5-7-14(17)8-6-13/h2-9H,10-11H2,1H3. The van der Waals surface area contributed by atoms with Gasteiger partial charge in [-0.15, -0.1) is 11.8 Å². The maximum atomic E-state index is 11.9. The van der Waals surface area contributed by atoms with Gasteiger partial charge >= 0.3 is 0 Å². The van der Waals surface area contributed by atoms with Gasteiger partial charge in [0, 0.05) is 14.9 Å². The van der Waals surface area contributed by atoms with Crippen molar-refractivity contribution in [3.8, 4) is 0 Å². The number of aryl methyl sites for hydroxylation is 1. The van der Waals surface area contributed by atoms with Gasteiger partial charge in [-0.1, -0.05) is 29.8 Å². The number of rotatable bonds is 5. The zero-order valence-corrected chi connectivity index (χ0v) is 13.7. The summed E-state index contributed by atoms with van der Waals surface area (Å²) in [4.78, 5) is 13.1. The lowest BCUT2D eigenvalue weighted by atomic mass is 10.1. The molecule has 0 atom stereocenters. The fourth-order valence-electron chi connectivity index (χ4n) is 1.75. The van der Waals surface area contributed by atoms with E-state index in [1.54, 1.807) is 11.8 Å². The van der Waals surface area contributed by atoms with E-state index in [1.807, 2.05) is 30.3 Å². The van der Waals surface area contributed by atoms with E-state index in [0.717, 1.165) is 10.5 Å². The van der Waals surface area contributed by atoms with E-state index in [-0.39, 0.29) is 5.78 Å². The van der Waals surface area contributed by atoms with E-state index < -0.39 is 0 Å². The van der Waals surface area contributed by atoms with E-state index in [2.05, 4.69) is 47.7 Å². The summed E-state index contributed by atoms with van der Waals surface area (Å²) in [7, 11) is 0. The maximum absolute atomic E-state index is 11.9. The summed E-state index contributed by atoms with van der Waals surface area (Å²) < 4.78 is 1.20. The van der Waals surface area contributed by atoms with E-state index in [1.165, 1.54) is 9.13 Å². The second kappa shape index (κ2) is 7.10. The van der Waals surface area contributed by atoms with Gasteiger partial charge in [0.2, 0.25) is 0 Å². The summed E-state index contributed by atoms with van der Waals surface area (Å²) >= 11 is 3.88. The molecule has 0 unspecified atom stereocenters. The molecule has 0 spiro atoms. The summed E-state index contributed by atoms with van der Waals surface area (Å²) in [6, 6.07) is 16.4. The number of carbonyl (C=O) groups excluding carboxylic acids is 1. The largest absolute Gasteiger partial charge is 0.298 e. The summed E-state index contributed by atoms with van der Waals surface area (Å²) in [5.41, 5.74) is 2.32. The van der Waals surface area contributed by atoms with Crippen molar-refractivity contribution < 1.29 is 4.79 Å². The first-order valence-electron chi connectivity index (χ1n) is 6.09. The SMILES string of the molecule is Cc1cccc(SCC(=O)Cc2ccc(I)cc2)c1. The maximum Gasteiger partial charge on any atom is 0.147 e. The van der Waals surface area contributed by atoms with Crippen LogP contribution < -0.4 is 0 Å². The Labute approximate surface area is 131 Å². The molecule has 0 radical (unpaired) electrons. The minimum absolute atomic E-state index is 0.271. The summed E-state index contributed by atoms with van der Waals surface area (Å²) in [6.07, 6.45) is 0.524. The minimum Gasteiger partial charge on any atom is -0.298 e. The highest BCUT2D eigenvalue weighted by Crippen LogP contribution is 2.19. The Balaban J connectivity index is 1.86. The molecular weight excluding hydrogens is 367 g/mol. The zero-order valence-electron chi connectivity index (χ0n) is 10.7. The monoisotopic (exact) mass is 382 g/mol. The van der Waals surface area contributed by atoms with Gasteiger partial charge in [-0.3, -0.25) is 4.79 Å². The number of Topliss-reactive ketones (excluding diaryl/α,β-unsaturated/α-hetero) is 1. The molecule has 0 amide bonds. The van der Waals surface area contributed by atoms with Gasteiger partial charge in [0.05, 0.1) is 5.75 Å². The Bertz CT molecular complexity index is 563. The lowest BCUT2D eigenvalue weighted by molar-refractivity contribution is -0.116. The molecule has 98 valence electrons. The predicted octanol–water partition coefficient (Wildman–Crippen LogP) is 4.50. The third-order valence-corrected chi connectivity index (χ3v) is 4.48. The molecular formula is C16H15IOS. The van der Waals surface area contributed by atoms with Gasteiger partial charge < -0.3 is 0 Å². The Kier molecular flexibility index (Phi) is 5.45. The molecule has 0 saturated carbocycles. The van der Waals surface area contributed by atoms with Gasteiger partial charge in [0.25, 0.3) is 0 Å². The number of carbonyl (C=O) groups is 1. The molecule has 0 N–H and O–H groups in total. The highest BCUT2D eigenvalue weighted by molar-refractivity contribution is 14.1. The normalized spacial score (nSPS) is 10.4. The molecule has 0 fully saturated rings. The first kappa shape index (κ1) is 14.6. The molecule has 3 heteroatoms. The van der Waals surface area contributed by atoms with Crippen molar-refractivity contribution in [2.45, 2.75) is 18.2 Å². The summed E-state index contributed by atoms with van der Waals surface area (Å²) in [6.45, 7) is 2.07. The molecule has 2 aromatic rings. The molecule has 1 nitrogen and oxygen atoms in total. The van der Waals surface area contributed by atoms with Crippen LogP contribution in [0.2, 0.25) is 0 Å². The smallest absolute Gasteiger partial charge is 0.147 e. The molecule has 0 heterocycles. The first-order chi connectivity index (χ1) is 9.13. The zero-order chi connectivity index (χ0) is 13.7. The molecule has 2 rings (SSSR count). The first-order valence-corrected chi connectivity index (χ1v) is 8.15. The molecule has 0 aliphatic carbocycles. The quantitative estimate of drug-likeness (QED) is 0.560. The van der Waals surface area contributed by atoms with Gasteiger partial charge in [-0.05, 0) is 59.3 Å². The van der Waals surface area contributed by atoms with Crippen LogP contribution in [0.3, 0.4) is 0 Å². The lowest BCUT2D eigenvalue weighted by Gasteiger charge is -2.03. The molecule has 0 aliphatic heterocycles. The fourth-order valence-corrected chi connectivity index (χ4v) is 2.98. The molecule has 0 aliphatic rings. The number of ketones is 1. The van der Waals surface area contributed by atoms with Crippen molar-refractivity contribution >= 4 is 40.1 Å². The second-order valence-corrected chi connectivity index (χ2v) is 6.74. The van der Waals surface area contributed by atoms with Crippen molar-refractivity contribution in [3.05, 3.63) is 63.2 Å². The van der Waals surface area contributed by atoms with Crippen LogP contribution in [-0.2, 0) is 11.2 Å². The van der Waals surface area contributed by atoms with Gasteiger partial charge in [-0.25, -0.2) is 0 Å². The van der Waals surface area contributed by atoms with Crippen LogP contribution >= 0.6 is 34.4 Å². The van der Waals surface area contributed by atoms with Crippen molar-refractivity contribution in [2.24, 2.45) is 0 Å². The number of benzene rings is 2. The van der Waals surface area contributed by atoms with Crippen molar-refractivity contribution in [2.75, 3.05) is 5.75 Å². The highest BCUT2D eigenvalue weighted by atomic mass is 127. The average molecular weight is 382 g/mol. The number of halogens is 1. The minimum atomic E-state index is 0.271. The molecule has 0 bridgehead atoms. The topological polar surface area (TPSA) is 17.1 Å². The van der Waals surface area contributed by atoms with Crippen LogP contribution in [0.15, 0.2) is 53.4 Å². The van der Waals surface area contributed by atoms with E-state index in [0.29, 0.717) is 12.2 Å². The number of hydrogen-bond acceptors (Lipinski definition) is 2. The van der Waals surface area contributed by atoms with Crippen LogP contribution in [0.25, 0.3) is 0 Å². The number of thioether (sulfide) groups is 1. The van der Waals surface area contributed by atoms with E-state index >= 15 is 0 Å². The highest BCUT2D eigenvalue weighted by Gasteiger charge is 2.05. The van der Waals surface area contributed by atoms with Crippen LogP contribution in [0.4, 0.5) is 0 Å². The van der Waals surface area contributed by atoms with Gasteiger partial charge in [0.1, 0.15) is 5.78 Å². The third-order valence-electron chi connectivity index (χ3n) is 2.70. The molecule has 0 saturated heterocycles. The van der Waals surface area contributed by atoms with Crippen LogP contribution in [-0.4, -0.2) is 11.5 Å². The Morgan fingerprint density at radius 2 is 1.89 bits per heavy atom. The summed E-state index contributed by atoms with van der Waals surface area (Å²) in [5, 5.41) is 0. The van der Waals surface area contributed by atoms with Crippen molar-refractivity contribution in [1.82, 2.24) is 0 Å². The molecule has 2 aromatic carbocycles. The van der Waals surface area contributed by atoms with Gasteiger partial charge in [0.15, 0.2) is 0 Å². The third kappa shape index (κ3) is 4.99. The number of hydrogen-bond donors (Lipinski definition) is 0. The summed E-state index contributed by atoms with van der Waals surface area (Å²) in [5.74, 6) is 0.808. The molecule has 19 heavy (non-hydrogen) atoms. The van der Waals surface area contributed by atoms with Crippen LogP contribution in [0.5, 0.6) is 0 Å².